The molecule has 1 N–H and O–H groups in total. The van der Waals surface area contributed by atoms with Gasteiger partial charge in [0.2, 0.25) is 5.88 Å². The number of nitrogens with zero attached hydrogens (tertiary/aromatic N) is 3. The number of aryl methyl sites for hydroxylation is 1. The number of hydrogen-bond acceptors (Lipinski definition) is 5. The average Bonchev–Trinajstić information content (AvgIpc) is 2.54. The van der Waals surface area contributed by atoms with Crippen molar-refractivity contribution >= 4 is 28.4 Å². The molecule has 0 amide bonds. The van der Waals surface area contributed by atoms with E-state index < -0.39 is 0 Å². The lowest BCUT2D eigenvalue weighted by Crippen LogP contribution is -2.09. The third-order valence-corrected chi connectivity index (χ3v) is 4.13. The molecule has 2 aromatic rings. The van der Waals surface area contributed by atoms with Crippen LogP contribution >= 0.6 is 22.6 Å². The minimum absolute atomic E-state index is 0.587. The number of pyridine rings is 1. The summed E-state index contributed by atoms with van der Waals surface area (Å²) in [7, 11) is 1.60. The zero-order chi connectivity index (χ0) is 15.2. The number of aromatic nitrogens is 3. The van der Waals surface area contributed by atoms with Gasteiger partial charge in [-0.2, -0.15) is 0 Å². The van der Waals surface area contributed by atoms with Crippen LogP contribution in [0.15, 0.2) is 18.3 Å². The van der Waals surface area contributed by atoms with Crippen molar-refractivity contribution in [2.45, 2.75) is 26.7 Å². The van der Waals surface area contributed by atoms with Crippen LogP contribution in [0, 0.1) is 3.57 Å². The number of halogens is 1. The van der Waals surface area contributed by atoms with Gasteiger partial charge in [-0.15, -0.1) is 0 Å². The summed E-state index contributed by atoms with van der Waals surface area (Å²) in [5.74, 6) is 2.18. The molecule has 2 rings (SSSR count). The van der Waals surface area contributed by atoms with Crippen molar-refractivity contribution in [3.05, 3.63) is 27.6 Å². The number of rotatable bonds is 6. The highest BCUT2D eigenvalue weighted by molar-refractivity contribution is 14.1. The first-order valence-corrected chi connectivity index (χ1v) is 8.08. The lowest BCUT2D eigenvalue weighted by atomic mass is 10.2. The van der Waals surface area contributed by atoms with Gasteiger partial charge in [-0.3, -0.25) is 0 Å². The molecule has 0 unspecified atom stereocenters. The Bertz CT molecular complexity index is 601. The fraction of sp³-hybridized carbons (Fsp3) is 0.400. The van der Waals surface area contributed by atoms with Crippen LogP contribution in [0.3, 0.4) is 0 Å². The van der Waals surface area contributed by atoms with Gasteiger partial charge in [-0.25, -0.2) is 15.0 Å². The fourth-order valence-corrected chi connectivity index (χ4v) is 2.66. The lowest BCUT2D eigenvalue weighted by molar-refractivity contribution is 0.398. The molecule has 0 spiro atoms. The fourth-order valence-electron chi connectivity index (χ4n) is 1.85. The topological polar surface area (TPSA) is 59.9 Å². The number of hydrogen-bond donors (Lipinski definition) is 1. The molecule has 0 aromatic carbocycles. The van der Waals surface area contributed by atoms with Crippen molar-refractivity contribution < 1.29 is 4.74 Å². The molecule has 0 aliphatic carbocycles. The van der Waals surface area contributed by atoms with Crippen LogP contribution in [0.5, 0.6) is 5.88 Å². The molecule has 2 aromatic heterocycles. The van der Waals surface area contributed by atoms with Crippen LogP contribution in [0.25, 0.3) is 11.4 Å². The van der Waals surface area contributed by atoms with Crippen molar-refractivity contribution in [3.8, 4) is 17.3 Å². The van der Waals surface area contributed by atoms with Gasteiger partial charge in [0.05, 0.1) is 16.4 Å². The molecule has 5 nitrogen and oxygen atoms in total. The minimum Gasteiger partial charge on any atom is -0.481 e. The van der Waals surface area contributed by atoms with Crippen LogP contribution < -0.4 is 10.1 Å². The van der Waals surface area contributed by atoms with Crippen molar-refractivity contribution in [1.82, 2.24) is 15.0 Å². The predicted molar refractivity (Wildman–Crippen MR) is 92.7 cm³/mol. The van der Waals surface area contributed by atoms with E-state index in [2.05, 4.69) is 56.7 Å². The first-order chi connectivity index (χ1) is 10.2. The SMILES string of the molecule is CCCNc1nc(-c2ccc(OC)nc2)nc(CC)c1I. The molecule has 2 heterocycles. The maximum Gasteiger partial charge on any atom is 0.212 e. The minimum atomic E-state index is 0.587. The van der Waals surface area contributed by atoms with Crippen LogP contribution in [0.4, 0.5) is 5.82 Å². The van der Waals surface area contributed by atoms with Crippen molar-refractivity contribution in [3.63, 3.8) is 0 Å². The van der Waals surface area contributed by atoms with Gasteiger partial charge in [-0.05, 0) is 41.5 Å². The Labute approximate surface area is 138 Å². The van der Waals surface area contributed by atoms with E-state index >= 15 is 0 Å². The van der Waals surface area contributed by atoms with Gasteiger partial charge in [-0.1, -0.05) is 13.8 Å². The number of methoxy groups -OCH3 is 1. The molecule has 0 saturated carbocycles. The first kappa shape index (κ1) is 15.9. The molecule has 0 fully saturated rings. The Morgan fingerprint density at radius 3 is 2.62 bits per heavy atom. The number of ether oxygens (including phenoxy) is 1. The second-order valence-electron chi connectivity index (χ2n) is 4.53. The highest BCUT2D eigenvalue weighted by Crippen LogP contribution is 2.24. The van der Waals surface area contributed by atoms with Crippen LogP contribution in [0.1, 0.15) is 26.0 Å². The predicted octanol–water partition coefficient (Wildman–Crippen LogP) is 3.54. The zero-order valence-electron chi connectivity index (χ0n) is 12.5. The molecule has 21 heavy (non-hydrogen) atoms. The van der Waals surface area contributed by atoms with E-state index in [-0.39, 0.29) is 0 Å². The van der Waals surface area contributed by atoms with Crippen molar-refractivity contribution in [2.75, 3.05) is 19.0 Å². The first-order valence-electron chi connectivity index (χ1n) is 7.00. The van der Waals surface area contributed by atoms with Crippen molar-refractivity contribution in [1.29, 1.82) is 0 Å². The molecule has 0 bridgehead atoms. The lowest BCUT2D eigenvalue weighted by Gasteiger charge is -2.12. The van der Waals surface area contributed by atoms with Gasteiger partial charge >= 0.3 is 0 Å². The van der Waals surface area contributed by atoms with E-state index in [4.69, 9.17) is 4.74 Å². The summed E-state index contributed by atoms with van der Waals surface area (Å²) in [6.07, 6.45) is 3.67. The second-order valence-corrected chi connectivity index (χ2v) is 5.60. The van der Waals surface area contributed by atoms with E-state index in [1.54, 1.807) is 13.3 Å². The quantitative estimate of drug-likeness (QED) is 0.755. The van der Waals surface area contributed by atoms with E-state index in [0.717, 1.165) is 40.0 Å². The molecule has 6 heteroatoms. The Hall–Kier alpha value is -1.44. The summed E-state index contributed by atoms with van der Waals surface area (Å²) in [5.41, 5.74) is 1.94. The molecule has 112 valence electrons. The van der Waals surface area contributed by atoms with Gasteiger partial charge in [0.25, 0.3) is 0 Å². The van der Waals surface area contributed by atoms with Gasteiger partial charge in [0.1, 0.15) is 5.82 Å². The van der Waals surface area contributed by atoms with Crippen LogP contribution in [-0.4, -0.2) is 28.6 Å². The maximum atomic E-state index is 5.08. The molecule has 0 aliphatic rings. The zero-order valence-corrected chi connectivity index (χ0v) is 14.6. The summed E-state index contributed by atoms with van der Waals surface area (Å²) >= 11 is 2.30. The Morgan fingerprint density at radius 1 is 1.24 bits per heavy atom. The maximum absolute atomic E-state index is 5.08. The molecule has 0 aliphatic heterocycles. The van der Waals surface area contributed by atoms with Gasteiger partial charge in [0, 0.05) is 24.4 Å². The summed E-state index contributed by atoms with van der Waals surface area (Å²) in [4.78, 5) is 13.5. The van der Waals surface area contributed by atoms with Gasteiger partial charge < -0.3 is 10.1 Å². The molecule has 0 radical (unpaired) electrons. The molecule has 0 atom stereocenters. The smallest absolute Gasteiger partial charge is 0.212 e. The summed E-state index contributed by atoms with van der Waals surface area (Å²) < 4.78 is 6.17. The highest BCUT2D eigenvalue weighted by atomic mass is 127. The Morgan fingerprint density at radius 2 is 2.05 bits per heavy atom. The summed E-state index contributed by atoms with van der Waals surface area (Å²) in [6.45, 7) is 5.14. The second kappa shape index (κ2) is 7.53. The third kappa shape index (κ3) is 3.81. The summed E-state index contributed by atoms with van der Waals surface area (Å²) in [6, 6.07) is 3.75. The Kier molecular flexibility index (Phi) is 5.72. The standard InChI is InChI=1S/C15H19IN4O/c1-4-8-17-15-13(16)11(5-2)19-14(20-15)10-6-7-12(21-3)18-9-10/h6-7,9H,4-5,8H2,1-3H3,(H,17,19,20). The molecular formula is C15H19IN4O. The third-order valence-electron chi connectivity index (χ3n) is 3.00. The van der Waals surface area contributed by atoms with E-state index in [0.29, 0.717) is 11.7 Å². The average molecular weight is 398 g/mol. The number of anilines is 1. The van der Waals surface area contributed by atoms with Crippen molar-refractivity contribution in [2.24, 2.45) is 0 Å². The molecular weight excluding hydrogens is 379 g/mol. The van der Waals surface area contributed by atoms with E-state index in [1.807, 2.05) is 12.1 Å². The monoisotopic (exact) mass is 398 g/mol. The van der Waals surface area contributed by atoms with E-state index in [1.165, 1.54) is 0 Å². The molecule has 0 saturated heterocycles. The Balaban J connectivity index is 2.41. The van der Waals surface area contributed by atoms with Gasteiger partial charge in [0.15, 0.2) is 5.82 Å². The normalized spacial score (nSPS) is 10.5. The summed E-state index contributed by atoms with van der Waals surface area (Å²) in [5, 5.41) is 3.37. The van der Waals surface area contributed by atoms with Crippen LogP contribution in [-0.2, 0) is 6.42 Å². The number of nitrogens with one attached hydrogen (secondary N) is 1. The van der Waals surface area contributed by atoms with Crippen LogP contribution in [0.2, 0.25) is 0 Å². The van der Waals surface area contributed by atoms with E-state index in [9.17, 15) is 0 Å². The largest absolute Gasteiger partial charge is 0.481 e. The highest BCUT2D eigenvalue weighted by Gasteiger charge is 2.12.